The van der Waals surface area contributed by atoms with Crippen molar-refractivity contribution in [3.8, 4) is 262 Å². The number of benzene rings is 1. The second-order valence-electron chi connectivity index (χ2n) is 18.0. The van der Waals surface area contributed by atoms with Gasteiger partial charge in [0, 0.05) is 58.4 Å². The lowest BCUT2D eigenvalue weighted by atomic mass is 9.73. The van der Waals surface area contributed by atoms with E-state index in [1.807, 2.05) is 6.07 Å². The Hall–Kier alpha value is -10.8. The first-order valence-corrected chi connectivity index (χ1v) is 25.5. The summed E-state index contributed by atoms with van der Waals surface area (Å²) in [5.74, 6) is 112. The molecule has 4 unspecified atom stereocenters. The Bertz CT molecular complexity index is 3810. The van der Waals surface area contributed by atoms with E-state index in [2.05, 4.69) is 345 Å². The zero-order chi connectivity index (χ0) is 52.8. The summed E-state index contributed by atoms with van der Waals surface area (Å²) < 4.78 is 2.85. The van der Waals surface area contributed by atoms with Gasteiger partial charge in [0.1, 0.15) is 13.7 Å². The molecule has 0 aliphatic heterocycles. The van der Waals surface area contributed by atoms with Crippen molar-refractivity contribution in [2.45, 2.75) is 90.0 Å². The van der Waals surface area contributed by atoms with Crippen LogP contribution in [-0.4, -0.2) is 23.9 Å². The lowest BCUT2D eigenvalue weighted by Gasteiger charge is -2.57. The largest absolute Gasteiger partial charge is 0.314 e. The van der Waals surface area contributed by atoms with E-state index in [1.165, 1.54) is 5.57 Å². The van der Waals surface area contributed by atoms with Crippen LogP contribution in [0.3, 0.4) is 0 Å². The molecule has 1 aromatic carbocycles. The van der Waals surface area contributed by atoms with Crippen LogP contribution in [0.5, 0.6) is 0 Å². The Morgan fingerprint density at radius 2 is 0.767 bits per heavy atom. The molecular formula is C71H41NSi. The lowest BCUT2D eigenvalue weighted by Crippen LogP contribution is -2.67. The van der Waals surface area contributed by atoms with Crippen molar-refractivity contribution in [2.75, 3.05) is 0 Å². The van der Waals surface area contributed by atoms with Gasteiger partial charge in [-0.05, 0) is 283 Å². The average Bonchev–Trinajstić information content (AvgIpc) is 3.82. The zero-order valence-electron chi connectivity index (χ0n) is 42.1. The summed E-state index contributed by atoms with van der Waals surface area (Å²) >= 11 is 0. The van der Waals surface area contributed by atoms with Crippen molar-refractivity contribution in [1.82, 2.24) is 4.57 Å². The predicted molar refractivity (Wildman–Crippen MR) is 301 cm³/mol. The Balaban J connectivity index is 1.68. The van der Waals surface area contributed by atoms with Gasteiger partial charge >= 0.3 is 0 Å². The number of rotatable bonds is 2. The molecule has 334 valence electrons. The number of hydrogen-bond acceptors (Lipinski definition) is 1. The smallest absolute Gasteiger partial charge is 0.144 e. The highest BCUT2D eigenvalue weighted by Gasteiger charge is 2.56. The second kappa shape index (κ2) is 27.9. The number of terminal acetylenes is 2. The van der Waals surface area contributed by atoms with Gasteiger partial charge in [0.15, 0.2) is 0 Å². The molecule has 0 spiro atoms. The third-order valence-corrected chi connectivity index (χ3v) is 15.9. The Kier molecular flexibility index (Phi) is 20.9. The molecule has 3 aliphatic carbocycles. The van der Waals surface area contributed by atoms with Crippen molar-refractivity contribution >= 4 is 13.8 Å². The monoisotopic (exact) mass is 935 g/mol. The summed E-state index contributed by atoms with van der Waals surface area (Å²) in [6.07, 6.45) is 16.2. The molecular weight excluding hydrogens is 895 g/mol. The molecule has 0 N–H and O–H groups in total. The van der Waals surface area contributed by atoms with Gasteiger partial charge < -0.3 is 4.57 Å². The van der Waals surface area contributed by atoms with Crippen LogP contribution in [0.15, 0.2) is 42.0 Å². The van der Waals surface area contributed by atoms with Crippen LogP contribution < -0.4 is 0 Å². The SMILES string of the molecule is C#CC#CC#CC#CC#CC#CC#CC#CC#CC#CC#CC1(C#CC#CC#CC#CC#CC#CC#CC#CC#CC#CC#C)C2=CC3C(C)CC([Si](C)(C)N(C(C)(C)C)C(C)(C)C)C3C=C2c2ccccc21. The Morgan fingerprint density at radius 1 is 0.452 bits per heavy atom. The molecule has 2 heteroatoms. The molecule has 3 aliphatic rings. The van der Waals surface area contributed by atoms with Gasteiger partial charge in [-0.1, -0.05) is 68.3 Å². The number of hydrogen-bond donors (Lipinski definition) is 0. The van der Waals surface area contributed by atoms with Crippen LogP contribution in [0.4, 0.5) is 0 Å². The van der Waals surface area contributed by atoms with E-state index in [1.54, 1.807) is 0 Å². The summed E-state index contributed by atoms with van der Waals surface area (Å²) in [6.45, 7) is 21.7. The Morgan fingerprint density at radius 3 is 1.10 bits per heavy atom. The van der Waals surface area contributed by atoms with Gasteiger partial charge in [-0.25, -0.2) is 0 Å². The molecule has 73 heavy (non-hydrogen) atoms. The summed E-state index contributed by atoms with van der Waals surface area (Å²) in [6, 6.07) is 8.37. The summed E-state index contributed by atoms with van der Waals surface area (Å²) in [7, 11) is -2.05. The van der Waals surface area contributed by atoms with Crippen LogP contribution >= 0.6 is 0 Å². The maximum Gasteiger partial charge on any atom is 0.144 e. The van der Waals surface area contributed by atoms with E-state index < -0.39 is 13.7 Å². The van der Waals surface area contributed by atoms with Crippen molar-refractivity contribution < 1.29 is 0 Å². The summed E-state index contributed by atoms with van der Waals surface area (Å²) in [4.78, 5) is 0. The van der Waals surface area contributed by atoms with Gasteiger partial charge in [0.2, 0.25) is 0 Å². The first-order valence-electron chi connectivity index (χ1n) is 22.5. The van der Waals surface area contributed by atoms with Gasteiger partial charge in [0.25, 0.3) is 0 Å². The number of nitrogens with zero attached hydrogens (tertiary/aromatic N) is 1. The fourth-order valence-electron chi connectivity index (χ4n) is 9.53. The van der Waals surface area contributed by atoms with Gasteiger partial charge in [-0.15, -0.1) is 12.8 Å². The third kappa shape index (κ3) is 16.4. The quantitative estimate of drug-likeness (QED) is 0.222. The van der Waals surface area contributed by atoms with E-state index in [0.29, 0.717) is 23.3 Å². The van der Waals surface area contributed by atoms with E-state index in [-0.39, 0.29) is 11.1 Å². The van der Waals surface area contributed by atoms with Crippen LogP contribution in [0.2, 0.25) is 18.6 Å². The fraction of sp³-hybridized carbons (Fsp3) is 0.239. The number of allylic oxidation sites excluding steroid dienone is 4. The molecule has 1 aromatic rings. The van der Waals surface area contributed by atoms with Crippen molar-refractivity contribution in [2.24, 2.45) is 17.8 Å². The zero-order valence-corrected chi connectivity index (χ0v) is 43.1. The van der Waals surface area contributed by atoms with Crippen LogP contribution in [0.25, 0.3) is 5.57 Å². The van der Waals surface area contributed by atoms with Crippen LogP contribution in [0, 0.1) is 279 Å². The third-order valence-electron chi connectivity index (χ3n) is 10.9. The lowest BCUT2D eigenvalue weighted by molar-refractivity contribution is 0.122. The maximum absolute atomic E-state index is 5.02. The van der Waals surface area contributed by atoms with E-state index in [9.17, 15) is 0 Å². The normalized spacial score (nSPS) is 15.0. The average molecular weight is 936 g/mol. The van der Waals surface area contributed by atoms with Crippen LogP contribution in [-0.2, 0) is 5.41 Å². The molecule has 0 aromatic heterocycles. The predicted octanol–water partition coefficient (Wildman–Crippen LogP) is 7.34. The first-order chi connectivity index (χ1) is 35.2. The number of fused-ring (bicyclic) bond motifs is 4. The first kappa shape index (κ1) is 54.8. The van der Waals surface area contributed by atoms with Crippen molar-refractivity contribution in [3.63, 3.8) is 0 Å². The van der Waals surface area contributed by atoms with Gasteiger partial charge in [-0.2, -0.15) is 0 Å². The van der Waals surface area contributed by atoms with Gasteiger partial charge in [0.05, 0.1) is 0 Å². The topological polar surface area (TPSA) is 3.24 Å². The second-order valence-corrected chi connectivity index (χ2v) is 22.5. The molecule has 0 bridgehead atoms. The maximum atomic E-state index is 5.02. The molecule has 1 fully saturated rings. The van der Waals surface area contributed by atoms with Crippen molar-refractivity contribution in [3.05, 3.63) is 53.1 Å². The molecule has 0 amide bonds. The minimum Gasteiger partial charge on any atom is -0.314 e. The van der Waals surface area contributed by atoms with Crippen LogP contribution in [0.1, 0.15) is 66.0 Å². The highest BCUT2D eigenvalue weighted by atomic mass is 28.3. The highest BCUT2D eigenvalue weighted by molar-refractivity contribution is 6.76. The van der Waals surface area contributed by atoms with E-state index >= 15 is 0 Å². The van der Waals surface area contributed by atoms with E-state index in [4.69, 9.17) is 12.8 Å². The Labute approximate surface area is 438 Å². The molecule has 4 rings (SSSR count). The molecule has 0 radical (unpaired) electrons. The molecule has 1 nitrogen and oxygen atoms in total. The highest BCUT2D eigenvalue weighted by Crippen LogP contribution is 2.61. The minimum atomic E-state index is -2.05. The molecule has 4 atom stereocenters. The van der Waals surface area contributed by atoms with Gasteiger partial charge in [-0.3, -0.25) is 0 Å². The summed E-state index contributed by atoms with van der Waals surface area (Å²) in [5.41, 5.74) is 3.89. The minimum absolute atomic E-state index is 0.00893. The van der Waals surface area contributed by atoms with Crippen molar-refractivity contribution in [1.29, 1.82) is 0 Å². The fourth-order valence-corrected chi connectivity index (χ4v) is 15.5. The summed E-state index contributed by atoms with van der Waals surface area (Å²) in [5, 5.41) is 0. The molecule has 0 heterocycles. The molecule has 0 saturated heterocycles. The standard InChI is InChI=1S/C71H41NSi/c1-12-14-16-18-20-22-24-26-28-30-32-34-36-38-40-42-44-46-48-52-56-71(57-53-49-47-45-43-41-39-37-35-33-31-29-27-25-23-21-19-17-15-13-2)66-55-51-50-54-62(66)64-59-65-63(60-67(64)71)61(3)58-68(65)73(10,11)72(69(4,5)6)70(7,8)9/h1-2,50-51,54-55,59-61,63,65,68H,58H2,3-11H3. The molecule has 1 saturated carbocycles. The van der Waals surface area contributed by atoms with E-state index in [0.717, 1.165) is 23.1 Å².